The second kappa shape index (κ2) is 6.65. The molecule has 0 saturated carbocycles. The van der Waals surface area contributed by atoms with Crippen LogP contribution in [0.4, 0.5) is 15.8 Å². The summed E-state index contributed by atoms with van der Waals surface area (Å²) in [6, 6.07) is 8.62. The zero-order chi connectivity index (χ0) is 15.4. The lowest BCUT2D eigenvalue weighted by Crippen LogP contribution is -2.20. The average Bonchev–Trinajstić information content (AvgIpc) is 2.44. The maximum absolute atomic E-state index is 13.2. The van der Waals surface area contributed by atoms with Crippen molar-refractivity contribution in [2.24, 2.45) is 0 Å². The van der Waals surface area contributed by atoms with Crippen molar-refractivity contribution in [3.63, 3.8) is 0 Å². The van der Waals surface area contributed by atoms with Gasteiger partial charge in [-0.25, -0.2) is 4.39 Å². The minimum atomic E-state index is -0.617. The Morgan fingerprint density at radius 2 is 2.00 bits per heavy atom. The van der Waals surface area contributed by atoms with Gasteiger partial charge in [0, 0.05) is 11.1 Å². The number of nitrogen functional groups attached to an aromatic ring is 1. The van der Waals surface area contributed by atoms with E-state index in [2.05, 4.69) is 5.32 Å². The molecular weight excluding hydrogens is 318 g/mol. The summed E-state index contributed by atoms with van der Waals surface area (Å²) in [7, 11) is 0. The molecule has 0 fully saturated rings. The zero-order valence-electron chi connectivity index (χ0n) is 10.7. The summed E-state index contributed by atoms with van der Waals surface area (Å²) in [6.07, 6.45) is 0. The van der Waals surface area contributed by atoms with Crippen LogP contribution in [0.25, 0.3) is 0 Å². The second-order valence-corrected chi connectivity index (χ2v) is 4.99. The molecule has 7 heteroatoms. The van der Waals surface area contributed by atoms with Crippen LogP contribution >= 0.6 is 23.2 Å². The molecule has 1 amide bonds. The van der Waals surface area contributed by atoms with E-state index >= 15 is 0 Å². The molecular formula is C14H11Cl2FN2O2. The second-order valence-electron chi connectivity index (χ2n) is 4.14. The van der Waals surface area contributed by atoms with Crippen LogP contribution in [0.3, 0.4) is 0 Å². The zero-order valence-corrected chi connectivity index (χ0v) is 12.2. The van der Waals surface area contributed by atoms with Gasteiger partial charge in [0.2, 0.25) is 0 Å². The predicted molar refractivity (Wildman–Crippen MR) is 81.4 cm³/mol. The van der Waals surface area contributed by atoms with Crippen LogP contribution in [0.2, 0.25) is 10.0 Å². The number of halogens is 3. The molecule has 0 aliphatic heterocycles. The van der Waals surface area contributed by atoms with E-state index in [1.165, 1.54) is 18.2 Å². The molecule has 0 aliphatic carbocycles. The number of hydrogen-bond acceptors (Lipinski definition) is 3. The molecule has 0 heterocycles. The number of anilines is 2. The number of nitrogens with one attached hydrogen (secondary N) is 1. The third kappa shape index (κ3) is 4.24. The molecule has 110 valence electrons. The Morgan fingerprint density at radius 1 is 1.24 bits per heavy atom. The number of carbonyl (C=O) groups is 1. The maximum atomic E-state index is 13.2. The van der Waals surface area contributed by atoms with Crippen molar-refractivity contribution in [2.45, 2.75) is 0 Å². The molecule has 0 aromatic heterocycles. The summed E-state index contributed by atoms with van der Waals surface area (Å²) in [5.41, 5.74) is 6.47. The quantitative estimate of drug-likeness (QED) is 0.840. The lowest BCUT2D eigenvalue weighted by Gasteiger charge is -2.10. The van der Waals surface area contributed by atoms with Crippen LogP contribution in [0, 0.1) is 5.82 Å². The van der Waals surface area contributed by atoms with E-state index in [4.69, 9.17) is 33.7 Å². The fourth-order valence-corrected chi connectivity index (χ4v) is 1.83. The molecule has 21 heavy (non-hydrogen) atoms. The fourth-order valence-electron chi connectivity index (χ4n) is 1.54. The van der Waals surface area contributed by atoms with Crippen LogP contribution in [0.1, 0.15) is 0 Å². The minimum Gasteiger partial charge on any atom is -0.484 e. The van der Waals surface area contributed by atoms with Gasteiger partial charge in [-0.3, -0.25) is 4.79 Å². The van der Waals surface area contributed by atoms with Gasteiger partial charge in [-0.15, -0.1) is 0 Å². The van der Waals surface area contributed by atoms with Crippen LogP contribution in [-0.2, 0) is 4.79 Å². The number of hydrogen-bond donors (Lipinski definition) is 2. The van der Waals surface area contributed by atoms with Crippen molar-refractivity contribution in [3.05, 3.63) is 52.3 Å². The molecule has 3 N–H and O–H groups in total. The SMILES string of the molecule is Nc1ccc(Cl)cc1NC(=O)COc1ccc(Cl)c(F)c1. The summed E-state index contributed by atoms with van der Waals surface area (Å²) in [4.78, 5) is 11.7. The van der Waals surface area contributed by atoms with Gasteiger partial charge in [-0.1, -0.05) is 23.2 Å². The molecule has 0 unspecified atom stereocenters. The largest absolute Gasteiger partial charge is 0.484 e. The first-order valence-corrected chi connectivity index (χ1v) is 6.64. The molecule has 0 bridgehead atoms. The summed E-state index contributed by atoms with van der Waals surface area (Å²) in [6.45, 7) is -0.299. The molecule has 0 radical (unpaired) electrons. The molecule has 2 rings (SSSR count). The van der Waals surface area contributed by atoms with Crippen molar-refractivity contribution in [1.82, 2.24) is 0 Å². The van der Waals surface area contributed by atoms with Gasteiger partial charge >= 0.3 is 0 Å². The first-order chi connectivity index (χ1) is 9.95. The number of ether oxygens (including phenoxy) is 1. The summed E-state index contributed by atoms with van der Waals surface area (Å²) in [5, 5.41) is 2.98. The average molecular weight is 329 g/mol. The summed E-state index contributed by atoms with van der Waals surface area (Å²) in [5.74, 6) is -0.862. The monoisotopic (exact) mass is 328 g/mol. The predicted octanol–water partition coefficient (Wildman–Crippen LogP) is 3.73. The van der Waals surface area contributed by atoms with Crippen LogP contribution in [0.5, 0.6) is 5.75 Å². The lowest BCUT2D eigenvalue weighted by atomic mass is 10.2. The molecule has 4 nitrogen and oxygen atoms in total. The van der Waals surface area contributed by atoms with Gasteiger partial charge in [0.05, 0.1) is 16.4 Å². The Labute approximate surface area is 130 Å². The van der Waals surface area contributed by atoms with Crippen LogP contribution in [0.15, 0.2) is 36.4 Å². The highest BCUT2D eigenvalue weighted by Gasteiger charge is 2.08. The molecule has 2 aromatic carbocycles. The Morgan fingerprint density at radius 3 is 2.71 bits per heavy atom. The van der Waals surface area contributed by atoms with E-state index in [0.29, 0.717) is 16.4 Å². The van der Waals surface area contributed by atoms with Crippen LogP contribution < -0.4 is 15.8 Å². The number of nitrogens with two attached hydrogens (primary N) is 1. The highest BCUT2D eigenvalue weighted by molar-refractivity contribution is 6.31. The first kappa shape index (κ1) is 15.4. The standard InChI is InChI=1S/C14H11Cl2FN2O2/c15-8-1-4-12(18)13(5-8)19-14(20)7-21-9-2-3-10(16)11(17)6-9/h1-6H,7,18H2,(H,19,20). The van der Waals surface area contributed by atoms with Crippen molar-refractivity contribution in [3.8, 4) is 5.75 Å². The minimum absolute atomic E-state index is 0.0153. The Kier molecular flexibility index (Phi) is 4.88. The van der Waals surface area contributed by atoms with Crippen molar-refractivity contribution in [1.29, 1.82) is 0 Å². The maximum Gasteiger partial charge on any atom is 0.262 e. The fraction of sp³-hybridized carbons (Fsp3) is 0.0714. The molecule has 2 aromatic rings. The summed E-state index contributed by atoms with van der Waals surface area (Å²) < 4.78 is 18.4. The van der Waals surface area contributed by atoms with E-state index in [1.807, 2.05) is 0 Å². The number of benzene rings is 2. The van der Waals surface area contributed by atoms with Gasteiger partial charge in [0.1, 0.15) is 11.6 Å². The highest BCUT2D eigenvalue weighted by atomic mass is 35.5. The Hall–Kier alpha value is -1.98. The number of carbonyl (C=O) groups excluding carboxylic acids is 1. The van der Waals surface area contributed by atoms with Gasteiger partial charge < -0.3 is 15.8 Å². The molecule has 0 atom stereocenters. The van der Waals surface area contributed by atoms with Crippen molar-refractivity contribution >= 4 is 40.5 Å². The lowest BCUT2D eigenvalue weighted by molar-refractivity contribution is -0.118. The summed E-state index contributed by atoms with van der Waals surface area (Å²) >= 11 is 11.4. The van der Waals surface area contributed by atoms with Gasteiger partial charge in [-0.2, -0.15) is 0 Å². The third-order valence-electron chi connectivity index (χ3n) is 2.55. The van der Waals surface area contributed by atoms with E-state index in [-0.39, 0.29) is 17.4 Å². The topological polar surface area (TPSA) is 64.3 Å². The number of amides is 1. The first-order valence-electron chi connectivity index (χ1n) is 5.88. The highest BCUT2D eigenvalue weighted by Crippen LogP contribution is 2.23. The van der Waals surface area contributed by atoms with Crippen molar-refractivity contribution in [2.75, 3.05) is 17.7 Å². The van der Waals surface area contributed by atoms with Crippen molar-refractivity contribution < 1.29 is 13.9 Å². The Balaban J connectivity index is 1.95. The third-order valence-corrected chi connectivity index (χ3v) is 3.09. The van der Waals surface area contributed by atoms with E-state index in [1.54, 1.807) is 12.1 Å². The van der Waals surface area contributed by atoms with Gasteiger partial charge in [0.15, 0.2) is 6.61 Å². The molecule has 0 saturated heterocycles. The van der Waals surface area contributed by atoms with Crippen LogP contribution in [-0.4, -0.2) is 12.5 Å². The number of rotatable bonds is 4. The van der Waals surface area contributed by atoms with E-state index < -0.39 is 11.7 Å². The van der Waals surface area contributed by atoms with E-state index in [9.17, 15) is 9.18 Å². The molecule has 0 aliphatic rings. The van der Waals surface area contributed by atoms with E-state index in [0.717, 1.165) is 6.07 Å². The normalized spacial score (nSPS) is 10.2. The smallest absolute Gasteiger partial charge is 0.262 e. The van der Waals surface area contributed by atoms with Gasteiger partial charge in [0.25, 0.3) is 5.91 Å². The molecule has 0 spiro atoms. The Bertz CT molecular complexity index is 680. The van der Waals surface area contributed by atoms with Gasteiger partial charge in [-0.05, 0) is 30.3 Å².